The number of aromatic amines is 1. The molecule has 1 saturated carbocycles. The van der Waals surface area contributed by atoms with Crippen molar-refractivity contribution >= 4 is 16.9 Å². The molecule has 1 fully saturated rings. The highest BCUT2D eigenvalue weighted by Gasteiger charge is 2.25. The Kier molecular flexibility index (Phi) is 3.74. The number of aromatic nitrogens is 1. The van der Waals surface area contributed by atoms with Crippen LogP contribution in [0.25, 0.3) is 10.9 Å². The summed E-state index contributed by atoms with van der Waals surface area (Å²) in [5, 5.41) is 13.8. The Morgan fingerprint density at radius 3 is 2.75 bits per heavy atom. The fourth-order valence-corrected chi connectivity index (χ4v) is 3.08. The summed E-state index contributed by atoms with van der Waals surface area (Å²) >= 11 is 0. The molecule has 1 aromatic carbocycles. The number of fused-ring (bicyclic) bond motifs is 1. The third-order valence-corrected chi connectivity index (χ3v) is 4.33. The number of aliphatic carboxylic acids is 1. The van der Waals surface area contributed by atoms with Crippen molar-refractivity contribution in [3.63, 3.8) is 0 Å². The molecule has 1 aliphatic rings. The van der Waals surface area contributed by atoms with E-state index < -0.39 is 5.97 Å². The molecular formula is C16H20N2O2. The van der Waals surface area contributed by atoms with Gasteiger partial charge in [-0.05, 0) is 37.3 Å². The summed E-state index contributed by atoms with van der Waals surface area (Å²) in [6, 6.07) is 8.74. The van der Waals surface area contributed by atoms with Crippen LogP contribution >= 0.6 is 0 Å². The summed E-state index contributed by atoms with van der Waals surface area (Å²) in [6.45, 7) is 0.840. The van der Waals surface area contributed by atoms with Gasteiger partial charge in [0.1, 0.15) is 0 Å². The predicted octanol–water partition coefficient (Wildman–Crippen LogP) is 2.90. The number of nitrogens with one attached hydrogen (secondary N) is 2. The number of H-pyrrole nitrogens is 1. The van der Waals surface area contributed by atoms with Crippen molar-refractivity contribution in [1.82, 2.24) is 10.3 Å². The summed E-state index contributed by atoms with van der Waals surface area (Å²) in [5.41, 5.74) is 2.44. The average molecular weight is 272 g/mol. The molecule has 2 aromatic rings. The van der Waals surface area contributed by atoms with Crippen LogP contribution in [0.2, 0.25) is 0 Å². The first-order valence-electron chi connectivity index (χ1n) is 7.25. The molecule has 0 bridgehead atoms. The van der Waals surface area contributed by atoms with E-state index in [1.165, 1.54) is 16.5 Å². The van der Waals surface area contributed by atoms with E-state index >= 15 is 0 Å². The number of hydrogen-bond donors (Lipinski definition) is 3. The SMILES string of the molecule is O=C(O)C1CCC(NCc2c[nH]c3ccccc23)CC1. The molecule has 3 rings (SSSR count). The van der Waals surface area contributed by atoms with Gasteiger partial charge >= 0.3 is 5.97 Å². The number of carboxylic acids is 1. The first kappa shape index (κ1) is 13.2. The van der Waals surface area contributed by atoms with Crippen LogP contribution in [0.5, 0.6) is 0 Å². The van der Waals surface area contributed by atoms with Crippen LogP contribution in [0, 0.1) is 5.92 Å². The Labute approximate surface area is 118 Å². The normalized spacial score (nSPS) is 23.0. The van der Waals surface area contributed by atoms with Gasteiger partial charge in [-0.3, -0.25) is 4.79 Å². The average Bonchev–Trinajstić information content (AvgIpc) is 2.89. The molecule has 0 amide bonds. The first-order chi connectivity index (χ1) is 9.74. The standard InChI is InChI=1S/C16H20N2O2/c19-16(20)11-5-7-13(8-6-11)17-9-12-10-18-15-4-2-1-3-14(12)15/h1-4,10-11,13,17-18H,5-9H2,(H,19,20). The van der Waals surface area contributed by atoms with E-state index in [9.17, 15) is 4.79 Å². The second-order valence-corrected chi connectivity index (χ2v) is 5.63. The Balaban J connectivity index is 1.57. The molecule has 1 heterocycles. The highest BCUT2D eigenvalue weighted by atomic mass is 16.4. The summed E-state index contributed by atoms with van der Waals surface area (Å²) < 4.78 is 0. The lowest BCUT2D eigenvalue weighted by molar-refractivity contribution is -0.142. The molecule has 0 saturated heterocycles. The van der Waals surface area contributed by atoms with Crippen LogP contribution in [0.1, 0.15) is 31.2 Å². The minimum Gasteiger partial charge on any atom is -0.481 e. The lowest BCUT2D eigenvalue weighted by Crippen LogP contribution is -2.34. The van der Waals surface area contributed by atoms with Crippen LogP contribution in [0.4, 0.5) is 0 Å². The smallest absolute Gasteiger partial charge is 0.306 e. The van der Waals surface area contributed by atoms with Gasteiger partial charge in [0.25, 0.3) is 0 Å². The summed E-state index contributed by atoms with van der Waals surface area (Å²) in [7, 11) is 0. The van der Waals surface area contributed by atoms with Crippen molar-refractivity contribution in [3.05, 3.63) is 36.0 Å². The van der Waals surface area contributed by atoms with E-state index in [-0.39, 0.29) is 5.92 Å². The maximum atomic E-state index is 10.9. The highest BCUT2D eigenvalue weighted by molar-refractivity contribution is 5.82. The van der Waals surface area contributed by atoms with Crippen LogP contribution in [-0.2, 0) is 11.3 Å². The van der Waals surface area contributed by atoms with Crippen molar-refractivity contribution in [1.29, 1.82) is 0 Å². The van der Waals surface area contributed by atoms with Crippen molar-refractivity contribution in [2.75, 3.05) is 0 Å². The monoisotopic (exact) mass is 272 g/mol. The zero-order valence-corrected chi connectivity index (χ0v) is 11.4. The van der Waals surface area contributed by atoms with E-state index in [0.717, 1.165) is 32.2 Å². The Morgan fingerprint density at radius 1 is 1.25 bits per heavy atom. The first-order valence-corrected chi connectivity index (χ1v) is 7.25. The third kappa shape index (κ3) is 2.70. The van der Waals surface area contributed by atoms with E-state index in [2.05, 4.69) is 34.7 Å². The molecule has 1 aromatic heterocycles. The summed E-state index contributed by atoms with van der Waals surface area (Å²) in [5.74, 6) is -0.777. The van der Waals surface area contributed by atoms with E-state index in [4.69, 9.17) is 5.11 Å². The van der Waals surface area contributed by atoms with Crippen molar-refractivity contribution in [2.45, 2.75) is 38.3 Å². The van der Waals surface area contributed by atoms with Gasteiger partial charge < -0.3 is 15.4 Å². The molecule has 106 valence electrons. The quantitative estimate of drug-likeness (QED) is 0.801. The Morgan fingerprint density at radius 2 is 2.00 bits per heavy atom. The van der Waals surface area contributed by atoms with Gasteiger partial charge in [-0.1, -0.05) is 18.2 Å². The molecule has 20 heavy (non-hydrogen) atoms. The van der Waals surface area contributed by atoms with Gasteiger partial charge in [-0.15, -0.1) is 0 Å². The summed E-state index contributed by atoms with van der Waals surface area (Å²) in [4.78, 5) is 14.2. The minimum absolute atomic E-state index is 0.138. The van der Waals surface area contributed by atoms with Gasteiger partial charge in [0.05, 0.1) is 5.92 Å². The molecule has 0 spiro atoms. The number of benzene rings is 1. The highest BCUT2D eigenvalue weighted by Crippen LogP contribution is 2.25. The topological polar surface area (TPSA) is 65.1 Å². The zero-order chi connectivity index (χ0) is 13.9. The predicted molar refractivity (Wildman–Crippen MR) is 78.5 cm³/mol. The van der Waals surface area contributed by atoms with E-state index in [0.29, 0.717) is 6.04 Å². The van der Waals surface area contributed by atoms with Crippen molar-refractivity contribution < 1.29 is 9.90 Å². The van der Waals surface area contributed by atoms with Crippen LogP contribution in [-0.4, -0.2) is 22.1 Å². The number of carbonyl (C=O) groups is 1. The molecule has 3 N–H and O–H groups in total. The van der Waals surface area contributed by atoms with Crippen LogP contribution in [0.15, 0.2) is 30.5 Å². The van der Waals surface area contributed by atoms with E-state index in [1.807, 2.05) is 6.07 Å². The third-order valence-electron chi connectivity index (χ3n) is 4.33. The molecule has 4 heteroatoms. The number of para-hydroxylation sites is 1. The molecule has 0 aliphatic heterocycles. The maximum absolute atomic E-state index is 10.9. The number of rotatable bonds is 4. The molecule has 4 nitrogen and oxygen atoms in total. The zero-order valence-electron chi connectivity index (χ0n) is 11.4. The van der Waals surface area contributed by atoms with Gasteiger partial charge in [0.2, 0.25) is 0 Å². The molecular weight excluding hydrogens is 252 g/mol. The second kappa shape index (κ2) is 5.67. The molecule has 0 radical (unpaired) electrons. The molecule has 1 aliphatic carbocycles. The Bertz CT molecular complexity index is 597. The lowest BCUT2D eigenvalue weighted by Gasteiger charge is -2.26. The van der Waals surface area contributed by atoms with Crippen molar-refractivity contribution in [2.24, 2.45) is 5.92 Å². The Hall–Kier alpha value is -1.81. The molecule has 0 atom stereocenters. The fourth-order valence-electron chi connectivity index (χ4n) is 3.08. The van der Waals surface area contributed by atoms with Crippen LogP contribution in [0.3, 0.4) is 0 Å². The lowest BCUT2D eigenvalue weighted by atomic mass is 9.86. The van der Waals surface area contributed by atoms with Gasteiger partial charge in [0, 0.05) is 29.7 Å². The largest absolute Gasteiger partial charge is 0.481 e. The number of hydrogen-bond acceptors (Lipinski definition) is 2. The summed E-state index contributed by atoms with van der Waals surface area (Å²) in [6.07, 6.45) is 5.56. The van der Waals surface area contributed by atoms with Gasteiger partial charge in [-0.25, -0.2) is 0 Å². The second-order valence-electron chi connectivity index (χ2n) is 5.63. The fraction of sp³-hybridized carbons (Fsp3) is 0.438. The van der Waals surface area contributed by atoms with Gasteiger partial charge in [-0.2, -0.15) is 0 Å². The van der Waals surface area contributed by atoms with Crippen molar-refractivity contribution in [3.8, 4) is 0 Å². The van der Waals surface area contributed by atoms with E-state index in [1.54, 1.807) is 0 Å². The van der Waals surface area contributed by atoms with Gasteiger partial charge in [0.15, 0.2) is 0 Å². The maximum Gasteiger partial charge on any atom is 0.306 e. The minimum atomic E-state index is -0.639. The van der Waals surface area contributed by atoms with Crippen LogP contribution < -0.4 is 5.32 Å². The number of carboxylic acid groups (broad SMARTS) is 1. The molecule has 0 unspecified atom stereocenters.